The second kappa shape index (κ2) is 13.1. The van der Waals surface area contributed by atoms with Crippen LogP contribution in [0.3, 0.4) is 0 Å². The van der Waals surface area contributed by atoms with Crippen LogP contribution in [0.2, 0.25) is 0 Å². The first kappa shape index (κ1) is 14.0. The van der Waals surface area contributed by atoms with Crippen molar-refractivity contribution in [2.45, 2.75) is 19.3 Å². The monoisotopic (exact) mass is 151 g/mol. The fourth-order valence-corrected chi connectivity index (χ4v) is 0.705. The molecule has 0 heterocycles. The van der Waals surface area contributed by atoms with E-state index in [2.05, 4.69) is 5.32 Å². The molecule has 0 radical (unpaired) electrons. The van der Waals surface area contributed by atoms with E-state index >= 15 is 0 Å². The topological polar surface area (TPSA) is 64.1 Å². The number of unbranched alkanes of at least 4 members (excludes halogenated alkanes) is 1. The van der Waals surface area contributed by atoms with Gasteiger partial charge in [-0.15, -0.1) is 0 Å². The molecule has 0 spiro atoms. The van der Waals surface area contributed by atoms with Crippen LogP contribution in [0.5, 0.6) is 0 Å². The molecule has 62 valence electrons. The Morgan fingerprint density at radius 1 is 1.18 bits per heavy atom. The van der Waals surface area contributed by atoms with Crippen LogP contribution in [0.1, 0.15) is 19.3 Å². The Labute approximate surface area is 81.5 Å². The summed E-state index contributed by atoms with van der Waals surface area (Å²) in [6.07, 6.45) is 3.23. The molecule has 0 aliphatic heterocycles. The maximum absolute atomic E-state index is 5.32. The predicted molar refractivity (Wildman–Crippen MR) is 44.3 cm³/mol. The van der Waals surface area contributed by atoms with Gasteiger partial charge in [0, 0.05) is 0 Å². The van der Waals surface area contributed by atoms with E-state index < -0.39 is 0 Å². The SMILES string of the molecule is N[CH-]CCNCCCCN.[Li+]. The Morgan fingerprint density at radius 2 is 1.91 bits per heavy atom. The summed E-state index contributed by atoms with van der Waals surface area (Å²) in [5, 5.41) is 3.25. The van der Waals surface area contributed by atoms with Crippen molar-refractivity contribution >= 4 is 0 Å². The maximum Gasteiger partial charge on any atom is 1.00 e. The van der Waals surface area contributed by atoms with Crippen molar-refractivity contribution in [3.8, 4) is 0 Å². The van der Waals surface area contributed by atoms with Gasteiger partial charge in [-0.25, -0.2) is 0 Å². The van der Waals surface area contributed by atoms with Crippen LogP contribution < -0.4 is 35.6 Å². The zero-order valence-electron chi connectivity index (χ0n) is 7.47. The van der Waals surface area contributed by atoms with Gasteiger partial charge < -0.3 is 16.8 Å². The molecule has 0 amide bonds. The van der Waals surface area contributed by atoms with Gasteiger partial charge in [0.15, 0.2) is 0 Å². The smallest absolute Gasteiger partial charge is 0.483 e. The molecule has 11 heavy (non-hydrogen) atoms. The van der Waals surface area contributed by atoms with Crippen molar-refractivity contribution in [1.29, 1.82) is 0 Å². The summed E-state index contributed by atoms with van der Waals surface area (Å²) in [6.45, 7) is 4.52. The van der Waals surface area contributed by atoms with Gasteiger partial charge >= 0.3 is 18.9 Å². The zero-order chi connectivity index (χ0) is 7.66. The minimum atomic E-state index is 0. The van der Waals surface area contributed by atoms with E-state index in [1.54, 1.807) is 6.54 Å². The molecule has 0 aliphatic carbocycles. The van der Waals surface area contributed by atoms with Gasteiger partial charge in [-0.05, 0) is 32.5 Å². The van der Waals surface area contributed by atoms with E-state index in [1.807, 2.05) is 0 Å². The molecule has 0 fully saturated rings. The van der Waals surface area contributed by atoms with Crippen LogP contribution in [-0.2, 0) is 0 Å². The third-order valence-corrected chi connectivity index (χ3v) is 1.30. The van der Waals surface area contributed by atoms with Crippen LogP contribution in [0.25, 0.3) is 0 Å². The third-order valence-electron chi connectivity index (χ3n) is 1.30. The number of nitrogens with one attached hydrogen (secondary N) is 1. The molecule has 0 atom stereocenters. The largest absolute Gasteiger partial charge is 1.00 e. The van der Waals surface area contributed by atoms with Gasteiger partial charge in [-0.2, -0.15) is 6.42 Å². The van der Waals surface area contributed by atoms with Crippen LogP contribution >= 0.6 is 0 Å². The zero-order valence-corrected chi connectivity index (χ0v) is 7.47. The number of nitrogens with two attached hydrogens (primary N) is 2. The molecule has 4 heteroatoms. The van der Waals surface area contributed by atoms with Gasteiger partial charge in [0.2, 0.25) is 0 Å². The Kier molecular flexibility index (Phi) is 16.7. The molecule has 0 aromatic rings. The van der Waals surface area contributed by atoms with Crippen molar-refractivity contribution in [3.63, 3.8) is 0 Å². The normalized spacial score (nSPS) is 9.27. The second-order valence-electron chi connectivity index (χ2n) is 2.27. The van der Waals surface area contributed by atoms with Gasteiger partial charge in [0.1, 0.15) is 0 Å². The summed E-state index contributed by atoms with van der Waals surface area (Å²) >= 11 is 0. The van der Waals surface area contributed by atoms with Crippen molar-refractivity contribution in [3.05, 3.63) is 6.54 Å². The number of hydrogen-bond acceptors (Lipinski definition) is 3. The minimum absolute atomic E-state index is 0. The standard InChI is InChI=1S/C7H18N3.Li/c8-4-1-2-6-10-7-3-5-9;/h5,10H,1-4,6-9H2;/q-1;+1. The quantitative estimate of drug-likeness (QED) is 0.204. The molecule has 0 rings (SSSR count). The average Bonchev–Trinajstić information content (AvgIpc) is 1.97. The summed E-state index contributed by atoms with van der Waals surface area (Å²) in [5.41, 5.74) is 10.5. The van der Waals surface area contributed by atoms with Crippen molar-refractivity contribution in [1.82, 2.24) is 5.32 Å². The maximum atomic E-state index is 5.32. The van der Waals surface area contributed by atoms with Gasteiger partial charge in [0.25, 0.3) is 0 Å². The Balaban J connectivity index is 0. The minimum Gasteiger partial charge on any atom is -0.483 e. The molecular formula is C7H18LiN3. The van der Waals surface area contributed by atoms with E-state index in [4.69, 9.17) is 11.5 Å². The molecule has 0 aromatic carbocycles. The summed E-state index contributed by atoms with van der Waals surface area (Å²) in [7, 11) is 0. The average molecular weight is 151 g/mol. The van der Waals surface area contributed by atoms with Crippen LogP contribution in [0.4, 0.5) is 0 Å². The molecule has 0 saturated carbocycles. The summed E-state index contributed by atoms with van der Waals surface area (Å²) in [6, 6.07) is 0. The fourth-order valence-electron chi connectivity index (χ4n) is 0.705. The van der Waals surface area contributed by atoms with Gasteiger partial charge in [-0.3, -0.25) is 6.54 Å². The van der Waals surface area contributed by atoms with Crippen molar-refractivity contribution < 1.29 is 18.9 Å². The Bertz CT molecular complexity index is 53.6. The molecule has 0 unspecified atom stereocenters. The molecule has 0 aliphatic rings. The molecule has 0 saturated heterocycles. The van der Waals surface area contributed by atoms with Crippen LogP contribution in [-0.4, -0.2) is 19.6 Å². The first-order valence-corrected chi connectivity index (χ1v) is 3.86. The van der Waals surface area contributed by atoms with Gasteiger partial charge in [-0.1, -0.05) is 0 Å². The van der Waals surface area contributed by atoms with Crippen LogP contribution in [0.15, 0.2) is 0 Å². The number of hydrogen-bond donors (Lipinski definition) is 3. The molecule has 0 aromatic heterocycles. The number of rotatable bonds is 7. The van der Waals surface area contributed by atoms with Crippen LogP contribution in [0, 0.1) is 6.54 Å². The molecule has 3 nitrogen and oxygen atoms in total. The molecule has 0 bridgehead atoms. The van der Waals surface area contributed by atoms with E-state index in [9.17, 15) is 0 Å². The summed E-state index contributed by atoms with van der Waals surface area (Å²) in [5.74, 6) is 0. The first-order chi connectivity index (χ1) is 4.91. The van der Waals surface area contributed by atoms with E-state index in [-0.39, 0.29) is 18.9 Å². The summed E-state index contributed by atoms with van der Waals surface area (Å²) in [4.78, 5) is 0. The molecular weight excluding hydrogens is 133 g/mol. The fraction of sp³-hybridized carbons (Fsp3) is 0.857. The van der Waals surface area contributed by atoms with Crippen molar-refractivity contribution in [2.75, 3.05) is 19.6 Å². The van der Waals surface area contributed by atoms with Gasteiger partial charge in [0.05, 0.1) is 0 Å². The van der Waals surface area contributed by atoms with Crippen molar-refractivity contribution in [2.24, 2.45) is 11.5 Å². The second-order valence-corrected chi connectivity index (χ2v) is 2.27. The predicted octanol–water partition coefficient (Wildman–Crippen LogP) is -3.17. The summed E-state index contributed by atoms with van der Waals surface area (Å²) < 4.78 is 0. The third kappa shape index (κ3) is 13.5. The van der Waals surface area contributed by atoms with E-state index in [0.29, 0.717) is 0 Å². The van der Waals surface area contributed by atoms with E-state index in [1.165, 1.54) is 6.42 Å². The molecule has 5 N–H and O–H groups in total. The Morgan fingerprint density at radius 3 is 2.45 bits per heavy atom. The Hall–Kier alpha value is 0.477. The van der Waals surface area contributed by atoms with E-state index in [0.717, 1.165) is 32.5 Å². The first-order valence-electron chi connectivity index (χ1n) is 3.86.